The van der Waals surface area contributed by atoms with Gasteiger partial charge in [0.15, 0.2) is 0 Å². The van der Waals surface area contributed by atoms with E-state index in [9.17, 15) is 0 Å². The molecule has 1 N–H and O–H groups in total. The van der Waals surface area contributed by atoms with Crippen LogP contribution in [0.15, 0.2) is 48.7 Å². The van der Waals surface area contributed by atoms with Crippen LogP contribution in [0.25, 0.3) is 0 Å². The van der Waals surface area contributed by atoms with Crippen LogP contribution in [-0.2, 0) is 4.74 Å². The van der Waals surface area contributed by atoms with E-state index in [1.807, 2.05) is 36.1 Å². The molecule has 86 valence electrons. The Hall–Kier alpha value is -1.61. The summed E-state index contributed by atoms with van der Waals surface area (Å²) in [6, 6.07) is 0. The third kappa shape index (κ3) is 2.70. The van der Waals surface area contributed by atoms with Crippen LogP contribution in [0, 0.1) is 5.41 Å². The molecular formula is C13H18N2O. The molecule has 16 heavy (non-hydrogen) atoms. The van der Waals surface area contributed by atoms with Crippen molar-refractivity contribution in [1.29, 1.82) is 5.41 Å². The van der Waals surface area contributed by atoms with Crippen molar-refractivity contribution >= 4 is 5.84 Å². The summed E-state index contributed by atoms with van der Waals surface area (Å²) < 4.78 is 5.37. The fourth-order valence-electron chi connectivity index (χ4n) is 1.63. The number of nitrogens with one attached hydrogen (secondary N) is 1. The molecule has 1 atom stereocenters. The second kappa shape index (κ2) is 6.08. The van der Waals surface area contributed by atoms with Crippen LogP contribution in [0.3, 0.4) is 0 Å². The van der Waals surface area contributed by atoms with Crippen molar-refractivity contribution in [2.75, 3.05) is 7.11 Å². The van der Waals surface area contributed by atoms with Crippen LogP contribution >= 0.6 is 0 Å². The maximum atomic E-state index is 7.91. The average Bonchev–Trinajstić information content (AvgIpc) is 2.31. The smallest absolute Gasteiger partial charge is 0.138 e. The third-order valence-corrected chi connectivity index (χ3v) is 2.41. The molecule has 3 heteroatoms. The first-order valence-corrected chi connectivity index (χ1v) is 5.27. The number of allylic oxidation sites excluding steroid dienone is 4. The van der Waals surface area contributed by atoms with Gasteiger partial charge >= 0.3 is 0 Å². The van der Waals surface area contributed by atoms with Gasteiger partial charge in [0.1, 0.15) is 12.1 Å². The van der Waals surface area contributed by atoms with E-state index in [0.29, 0.717) is 5.84 Å². The highest BCUT2D eigenvalue weighted by Gasteiger charge is 2.23. The van der Waals surface area contributed by atoms with Crippen molar-refractivity contribution in [2.45, 2.75) is 19.6 Å². The molecular weight excluding hydrogens is 200 g/mol. The van der Waals surface area contributed by atoms with Gasteiger partial charge in [0.25, 0.3) is 0 Å². The number of hydrogen-bond donors (Lipinski definition) is 1. The normalized spacial score (nSPS) is 21.9. The van der Waals surface area contributed by atoms with Gasteiger partial charge in [-0.1, -0.05) is 30.9 Å². The largest absolute Gasteiger partial charge is 0.361 e. The molecule has 0 saturated carbocycles. The number of nitrogens with zero attached hydrogens (tertiary/aromatic N) is 1. The molecule has 0 aromatic heterocycles. The molecule has 3 nitrogen and oxygen atoms in total. The first-order chi connectivity index (χ1) is 7.74. The van der Waals surface area contributed by atoms with E-state index in [1.54, 1.807) is 19.3 Å². The summed E-state index contributed by atoms with van der Waals surface area (Å²) in [5, 5.41) is 7.91. The Morgan fingerprint density at radius 2 is 2.44 bits per heavy atom. The summed E-state index contributed by atoms with van der Waals surface area (Å²) >= 11 is 0. The SMILES string of the molecule is C=CC=CC(=CC)N1C(=N)C=CCC1OC. The highest BCUT2D eigenvalue weighted by atomic mass is 16.5. The molecule has 0 amide bonds. The highest BCUT2D eigenvalue weighted by molar-refractivity contribution is 5.92. The lowest BCUT2D eigenvalue weighted by Gasteiger charge is -2.34. The predicted octanol–water partition coefficient (Wildman–Crippen LogP) is 2.84. The molecule has 1 heterocycles. The highest BCUT2D eigenvalue weighted by Crippen LogP contribution is 2.20. The second-order valence-electron chi connectivity index (χ2n) is 3.39. The number of rotatable bonds is 4. The van der Waals surface area contributed by atoms with Gasteiger partial charge < -0.3 is 9.64 Å². The Morgan fingerprint density at radius 1 is 1.69 bits per heavy atom. The summed E-state index contributed by atoms with van der Waals surface area (Å²) in [6.45, 7) is 5.58. The van der Waals surface area contributed by atoms with Crippen molar-refractivity contribution in [3.05, 3.63) is 48.7 Å². The van der Waals surface area contributed by atoms with Crippen molar-refractivity contribution in [3.63, 3.8) is 0 Å². The number of methoxy groups -OCH3 is 1. The van der Waals surface area contributed by atoms with E-state index in [2.05, 4.69) is 6.58 Å². The minimum atomic E-state index is -0.0989. The summed E-state index contributed by atoms with van der Waals surface area (Å²) in [5.74, 6) is 0.444. The summed E-state index contributed by atoms with van der Waals surface area (Å²) in [5.41, 5.74) is 0.945. The van der Waals surface area contributed by atoms with Gasteiger partial charge in [0, 0.05) is 19.2 Å². The molecule has 0 fully saturated rings. The second-order valence-corrected chi connectivity index (χ2v) is 3.39. The molecule has 1 rings (SSSR count). The van der Waals surface area contributed by atoms with Gasteiger partial charge in [-0.3, -0.25) is 5.41 Å². The minimum absolute atomic E-state index is 0.0989. The fourth-order valence-corrected chi connectivity index (χ4v) is 1.63. The fraction of sp³-hybridized carbons (Fsp3) is 0.308. The van der Waals surface area contributed by atoms with Crippen molar-refractivity contribution in [1.82, 2.24) is 4.90 Å². The van der Waals surface area contributed by atoms with Crippen LogP contribution in [0.1, 0.15) is 13.3 Å². The van der Waals surface area contributed by atoms with E-state index in [0.717, 1.165) is 12.1 Å². The first kappa shape index (κ1) is 12.5. The van der Waals surface area contributed by atoms with Gasteiger partial charge in [-0.05, 0) is 19.1 Å². The Bertz CT molecular complexity index is 353. The maximum absolute atomic E-state index is 7.91. The molecule has 0 bridgehead atoms. The van der Waals surface area contributed by atoms with Crippen LogP contribution < -0.4 is 0 Å². The minimum Gasteiger partial charge on any atom is -0.361 e. The van der Waals surface area contributed by atoms with Crippen LogP contribution in [0.5, 0.6) is 0 Å². The number of hydrogen-bond acceptors (Lipinski definition) is 2. The van der Waals surface area contributed by atoms with Gasteiger partial charge in [-0.15, -0.1) is 0 Å². The van der Waals surface area contributed by atoms with Crippen LogP contribution in [-0.4, -0.2) is 24.1 Å². The Balaban J connectivity index is 2.97. The van der Waals surface area contributed by atoms with Crippen molar-refractivity contribution in [3.8, 4) is 0 Å². The third-order valence-electron chi connectivity index (χ3n) is 2.41. The molecule has 1 aliphatic rings. The Kier molecular flexibility index (Phi) is 4.73. The lowest BCUT2D eigenvalue weighted by molar-refractivity contribution is 0.0256. The van der Waals surface area contributed by atoms with E-state index in [1.165, 1.54) is 0 Å². The van der Waals surface area contributed by atoms with E-state index < -0.39 is 0 Å². The number of ether oxygens (including phenoxy) is 1. The van der Waals surface area contributed by atoms with Crippen LogP contribution in [0.4, 0.5) is 0 Å². The Labute approximate surface area is 96.9 Å². The zero-order chi connectivity index (χ0) is 12.0. The van der Waals surface area contributed by atoms with Gasteiger partial charge in [0.2, 0.25) is 0 Å². The van der Waals surface area contributed by atoms with Crippen molar-refractivity contribution in [2.24, 2.45) is 0 Å². The molecule has 0 aliphatic carbocycles. The van der Waals surface area contributed by atoms with E-state index in [4.69, 9.17) is 10.1 Å². The Morgan fingerprint density at radius 3 is 3.00 bits per heavy atom. The summed E-state index contributed by atoms with van der Waals surface area (Å²) in [6.07, 6.45) is 11.9. The molecule has 1 unspecified atom stereocenters. The number of amidine groups is 1. The maximum Gasteiger partial charge on any atom is 0.138 e. The lowest BCUT2D eigenvalue weighted by atomic mass is 10.1. The molecule has 0 radical (unpaired) electrons. The van der Waals surface area contributed by atoms with Gasteiger partial charge in [-0.2, -0.15) is 0 Å². The molecule has 0 aromatic carbocycles. The standard InChI is InChI=1S/C13H18N2O/c1-4-6-8-11(5-2)15-12(14)9-7-10-13(15)16-3/h4-9,13-14H,1,10H2,2-3H3. The first-order valence-electron chi connectivity index (χ1n) is 5.27. The van der Waals surface area contributed by atoms with Gasteiger partial charge in [-0.25, -0.2) is 0 Å². The summed E-state index contributed by atoms with van der Waals surface area (Å²) in [7, 11) is 1.66. The topological polar surface area (TPSA) is 36.3 Å². The molecule has 1 aliphatic heterocycles. The lowest BCUT2D eigenvalue weighted by Crippen LogP contribution is -2.41. The monoisotopic (exact) mass is 218 g/mol. The van der Waals surface area contributed by atoms with Gasteiger partial charge in [0.05, 0.1) is 0 Å². The van der Waals surface area contributed by atoms with E-state index >= 15 is 0 Å². The predicted molar refractivity (Wildman–Crippen MR) is 67.2 cm³/mol. The molecule has 0 saturated heterocycles. The molecule has 0 aromatic rings. The summed E-state index contributed by atoms with van der Waals surface area (Å²) in [4.78, 5) is 1.86. The van der Waals surface area contributed by atoms with E-state index in [-0.39, 0.29) is 6.23 Å². The van der Waals surface area contributed by atoms with Crippen molar-refractivity contribution < 1.29 is 4.74 Å². The van der Waals surface area contributed by atoms with Crippen LogP contribution in [0.2, 0.25) is 0 Å². The zero-order valence-corrected chi connectivity index (χ0v) is 9.81. The molecule has 0 spiro atoms. The zero-order valence-electron chi connectivity index (χ0n) is 9.81. The quantitative estimate of drug-likeness (QED) is 0.736. The average molecular weight is 218 g/mol.